The van der Waals surface area contributed by atoms with Crippen LogP contribution in [0, 0.1) is 0 Å². The lowest BCUT2D eigenvalue weighted by atomic mass is 10.8. The SMILES string of the molecule is Cn1nc(S(N)(=O)=O)c(=O)n(C)c1=O. The van der Waals surface area contributed by atoms with Crippen LogP contribution in [0.25, 0.3) is 0 Å². The molecule has 8 nitrogen and oxygen atoms in total. The summed E-state index contributed by atoms with van der Waals surface area (Å²) in [6.45, 7) is 0. The molecule has 0 aliphatic heterocycles. The summed E-state index contributed by atoms with van der Waals surface area (Å²) in [6, 6.07) is 0. The van der Waals surface area contributed by atoms with Crippen LogP contribution in [-0.2, 0) is 24.1 Å². The van der Waals surface area contributed by atoms with Gasteiger partial charge in [-0.3, -0.25) is 9.36 Å². The van der Waals surface area contributed by atoms with Gasteiger partial charge in [-0.1, -0.05) is 0 Å². The predicted octanol–water partition coefficient (Wildman–Crippen LogP) is -2.87. The highest BCUT2D eigenvalue weighted by molar-refractivity contribution is 7.89. The van der Waals surface area contributed by atoms with E-state index in [2.05, 4.69) is 5.10 Å². The number of primary sulfonamides is 1. The fourth-order valence-corrected chi connectivity index (χ4v) is 1.46. The van der Waals surface area contributed by atoms with E-state index in [-0.39, 0.29) is 0 Å². The van der Waals surface area contributed by atoms with Gasteiger partial charge in [0.2, 0.25) is 0 Å². The lowest BCUT2D eigenvalue weighted by molar-refractivity contribution is 0.535. The Balaban J connectivity index is 3.85. The zero-order valence-electron chi connectivity index (χ0n) is 7.46. The van der Waals surface area contributed by atoms with Crippen molar-refractivity contribution in [2.45, 2.75) is 5.03 Å². The number of aryl methyl sites for hydroxylation is 1. The second-order valence-corrected chi connectivity index (χ2v) is 4.10. The minimum Gasteiger partial charge on any atom is -0.266 e. The molecule has 1 aromatic heterocycles. The highest BCUT2D eigenvalue weighted by Gasteiger charge is 2.18. The molecule has 0 saturated heterocycles. The van der Waals surface area contributed by atoms with Gasteiger partial charge in [0.15, 0.2) is 0 Å². The Kier molecular flexibility index (Phi) is 2.29. The van der Waals surface area contributed by atoms with Crippen molar-refractivity contribution in [3.05, 3.63) is 20.8 Å². The number of rotatable bonds is 1. The second kappa shape index (κ2) is 3.03. The third kappa shape index (κ3) is 1.59. The van der Waals surface area contributed by atoms with Gasteiger partial charge >= 0.3 is 5.69 Å². The van der Waals surface area contributed by atoms with E-state index in [1.165, 1.54) is 7.05 Å². The lowest BCUT2D eigenvalue weighted by Gasteiger charge is -2.02. The van der Waals surface area contributed by atoms with Crippen molar-refractivity contribution in [3.63, 3.8) is 0 Å². The molecule has 14 heavy (non-hydrogen) atoms. The molecule has 1 rings (SSSR count). The van der Waals surface area contributed by atoms with E-state index >= 15 is 0 Å². The molecule has 0 unspecified atom stereocenters. The van der Waals surface area contributed by atoms with Gasteiger partial charge in [-0.25, -0.2) is 23.0 Å². The van der Waals surface area contributed by atoms with Crippen LogP contribution < -0.4 is 16.4 Å². The maximum atomic E-state index is 11.2. The lowest BCUT2D eigenvalue weighted by Crippen LogP contribution is -2.42. The van der Waals surface area contributed by atoms with Gasteiger partial charge in [-0.15, -0.1) is 5.10 Å². The minimum absolute atomic E-state index is 0.618. The summed E-state index contributed by atoms with van der Waals surface area (Å²) in [7, 11) is -1.84. The van der Waals surface area contributed by atoms with Crippen molar-refractivity contribution in [2.75, 3.05) is 0 Å². The summed E-state index contributed by atoms with van der Waals surface area (Å²) in [4.78, 5) is 22.3. The van der Waals surface area contributed by atoms with Crippen molar-refractivity contribution in [1.82, 2.24) is 14.3 Å². The molecule has 0 amide bonds. The summed E-state index contributed by atoms with van der Waals surface area (Å²) in [6.07, 6.45) is 0. The summed E-state index contributed by atoms with van der Waals surface area (Å²) >= 11 is 0. The monoisotopic (exact) mass is 220 g/mol. The number of nitrogens with zero attached hydrogens (tertiary/aromatic N) is 3. The molecule has 0 spiro atoms. The Morgan fingerprint density at radius 3 is 2.21 bits per heavy atom. The molecule has 0 fully saturated rings. The van der Waals surface area contributed by atoms with Crippen LogP contribution in [0.2, 0.25) is 0 Å². The Bertz CT molecular complexity index is 581. The van der Waals surface area contributed by atoms with E-state index < -0.39 is 26.3 Å². The van der Waals surface area contributed by atoms with Gasteiger partial charge in [0.25, 0.3) is 20.6 Å². The molecule has 0 saturated carbocycles. The van der Waals surface area contributed by atoms with Crippen molar-refractivity contribution in [1.29, 1.82) is 0 Å². The Hall–Kier alpha value is -1.48. The van der Waals surface area contributed by atoms with Crippen LogP contribution >= 0.6 is 0 Å². The van der Waals surface area contributed by atoms with Gasteiger partial charge < -0.3 is 0 Å². The normalized spacial score (nSPS) is 11.6. The highest BCUT2D eigenvalue weighted by atomic mass is 32.2. The average Bonchev–Trinajstić information content (AvgIpc) is 2.06. The summed E-state index contributed by atoms with van der Waals surface area (Å²) in [5.41, 5.74) is -1.75. The molecule has 0 aromatic carbocycles. The van der Waals surface area contributed by atoms with Gasteiger partial charge in [-0.05, 0) is 0 Å². The van der Waals surface area contributed by atoms with Gasteiger partial charge in [0.1, 0.15) is 0 Å². The number of sulfonamides is 1. The molecule has 2 N–H and O–H groups in total. The fourth-order valence-electron chi connectivity index (χ4n) is 0.848. The quantitative estimate of drug-likeness (QED) is 0.545. The van der Waals surface area contributed by atoms with E-state index in [1.54, 1.807) is 0 Å². The second-order valence-electron chi connectivity index (χ2n) is 2.62. The molecule has 0 bridgehead atoms. The minimum atomic E-state index is -4.20. The smallest absolute Gasteiger partial charge is 0.266 e. The van der Waals surface area contributed by atoms with E-state index in [4.69, 9.17) is 5.14 Å². The van der Waals surface area contributed by atoms with Gasteiger partial charge in [-0.2, -0.15) is 0 Å². The first kappa shape index (κ1) is 10.6. The van der Waals surface area contributed by atoms with Crippen LogP contribution in [0.4, 0.5) is 0 Å². The molecule has 9 heteroatoms. The maximum absolute atomic E-state index is 11.2. The molecule has 1 heterocycles. The van der Waals surface area contributed by atoms with E-state index in [0.717, 1.165) is 11.7 Å². The Morgan fingerprint density at radius 1 is 1.29 bits per heavy atom. The first-order valence-corrected chi connectivity index (χ1v) is 4.97. The molecule has 1 aromatic rings. The van der Waals surface area contributed by atoms with Crippen LogP contribution in [0.15, 0.2) is 14.6 Å². The van der Waals surface area contributed by atoms with Gasteiger partial charge in [0, 0.05) is 14.1 Å². The zero-order valence-corrected chi connectivity index (χ0v) is 8.28. The Morgan fingerprint density at radius 2 is 1.79 bits per heavy atom. The molecule has 0 atom stereocenters. The van der Waals surface area contributed by atoms with Crippen molar-refractivity contribution >= 4 is 10.0 Å². The molecule has 0 aliphatic carbocycles. The largest absolute Gasteiger partial charge is 0.346 e. The van der Waals surface area contributed by atoms with Crippen LogP contribution in [-0.4, -0.2) is 22.8 Å². The van der Waals surface area contributed by atoms with E-state index in [0.29, 0.717) is 4.57 Å². The summed E-state index contributed by atoms with van der Waals surface area (Å²) < 4.78 is 23.1. The van der Waals surface area contributed by atoms with E-state index in [9.17, 15) is 18.0 Å². The number of nitrogens with two attached hydrogens (primary N) is 1. The van der Waals surface area contributed by atoms with E-state index in [1.807, 2.05) is 0 Å². The summed E-state index contributed by atoms with van der Waals surface area (Å²) in [5, 5.41) is 7.14. The molecular formula is C5H8N4O4S. The van der Waals surface area contributed by atoms with Crippen LogP contribution in [0.5, 0.6) is 0 Å². The molecule has 78 valence electrons. The zero-order chi connectivity index (χ0) is 11.1. The van der Waals surface area contributed by atoms with Gasteiger partial charge in [0.05, 0.1) is 0 Å². The average molecular weight is 220 g/mol. The topological polar surface area (TPSA) is 117 Å². The van der Waals surface area contributed by atoms with Crippen LogP contribution in [0.3, 0.4) is 0 Å². The first-order valence-electron chi connectivity index (χ1n) is 3.42. The highest BCUT2D eigenvalue weighted by Crippen LogP contribution is 1.89. The third-order valence-corrected chi connectivity index (χ3v) is 2.36. The predicted molar refractivity (Wildman–Crippen MR) is 46.1 cm³/mol. The molecule has 0 aliphatic rings. The van der Waals surface area contributed by atoms with Crippen LogP contribution in [0.1, 0.15) is 0 Å². The third-order valence-electron chi connectivity index (χ3n) is 1.56. The maximum Gasteiger partial charge on any atom is 0.346 e. The first-order chi connectivity index (χ1) is 6.25. The fraction of sp³-hybridized carbons (Fsp3) is 0.400. The summed E-state index contributed by atoms with van der Waals surface area (Å²) in [5.74, 6) is 0. The Labute approximate surface area is 78.6 Å². The van der Waals surface area contributed by atoms with Crippen molar-refractivity contribution in [2.24, 2.45) is 19.2 Å². The number of hydrogen-bond donors (Lipinski definition) is 1. The molecule has 0 radical (unpaired) electrons. The standard InChI is InChI=1S/C5H8N4O4S/c1-8-4(10)3(14(6,12)13)7-9(2)5(8)11/h1-2H3,(H2,6,12,13). The van der Waals surface area contributed by atoms with Crippen molar-refractivity contribution in [3.8, 4) is 0 Å². The van der Waals surface area contributed by atoms with Crippen molar-refractivity contribution < 1.29 is 8.42 Å². The molecular weight excluding hydrogens is 212 g/mol. The number of hydrogen-bond acceptors (Lipinski definition) is 5. The number of aromatic nitrogens is 3.